The second kappa shape index (κ2) is 5.60. The maximum atomic E-state index is 12.4. The molecule has 0 aliphatic rings. The second-order valence-corrected chi connectivity index (χ2v) is 4.55. The van der Waals surface area contributed by atoms with Crippen LogP contribution in [0.15, 0.2) is 60.9 Å². The standard InChI is InChI=1S/C16H14N4O/c17-20-15-10-18-9-8-13(15)16(21)19-14-7-3-5-11-4-1-2-6-12(11)14/h1-10,20H,17H2,(H,19,21). The van der Waals surface area contributed by atoms with Crippen molar-refractivity contribution in [2.45, 2.75) is 0 Å². The fraction of sp³-hybridized carbons (Fsp3) is 0. The van der Waals surface area contributed by atoms with Crippen LogP contribution in [0.3, 0.4) is 0 Å². The predicted molar refractivity (Wildman–Crippen MR) is 83.9 cm³/mol. The van der Waals surface area contributed by atoms with Gasteiger partial charge in [0.05, 0.1) is 17.4 Å². The van der Waals surface area contributed by atoms with Crippen molar-refractivity contribution in [1.29, 1.82) is 0 Å². The molecule has 3 rings (SSSR count). The number of carbonyl (C=O) groups is 1. The van der Waals surface area contributed by atoms with Gasteiger partial charge in [0.25, 0.3) is 5.91 Å². The summed E-state index contributed by atoms with van der Waals surface area (Å²) in [7, 11) is 0. The van der Waals surface area contributed by atoms with E-state index in [-0.39, 0.29) is 5.91 Å². The van der Waals surface area contributed by atoms with Gasteiger partial charge >= 0.3 is 0 Å². The van der Waals surface area contributed by atoms with Crippen LogP contribution in [0.4, 0.5) is 11.4 Å². The van der Waals surface area contributed by atoms with Gasteiger partial charge in [-0.25, -0.2) is 0 Å². The van der Waals surface area contributed by atoms with Crippen LogP contribution >= 0.6 is 0 Å². The maximum Gasteiger partial charge on any atom is 0.257 e. The summed E-state index contributed by atoms with van der Waals surface area (Å²) < 4.78 is 0. The van der Waals surface area contributed by atoms with Gasteiger partial charge in [-0.1, -0.05) is 36.4 Å². The van der Waals surface area contributed by atoms with E-state index in [0.29, 0.717) is 11.3 Å². The summed E-state index contributed by atoms with van der Waals surface area (Å²) in [6.07, 6.45) is 3.07. The lowest BCUT2D eigenvalue weighted by Crippen LogP contribution is -2.17. The van der Waals surface area contributed by atoms with Gasteiger partial charge < -0.3 is 10.7 Å². The second-order valence-electron chi connectivity index (χ2n) is 4.55. The molecule has 0 spiro atoms. The predicted octanol–water partition coefficient (Wildman–Crippen LogP) is 2.77. The Balaban J connectivity index is 1.97. The van der Waals surface area contributed by atoms with Gasteiger partial charge in [-0.3, -0.25) is 15.6 Å². The summed E-state index contributed by atoms with van der Waals surface area (Å²) in [6.45, 7) is 0. The number of nitrogens with one attached hydrogen (secondary N) is 2. The van der Waals surface area contributed by atoms with Gasteiger partial charge in [-0.05, 0) is 17.5 Å². The first-order valence-corrected chi connectivity index (χ1v) is 6.49. The molecule has 1 amide bonds. The number of anilines is 2. The van der Waals surface area contributed by atoms with Crippen LogP contribution in [-0.4, -0.2) is 10.9 Å². The lowest BCUT2D eigenvalue weighted by atomic mass is 10.1. The van der Waals surface area contributed by atoms with Crippen LogP contribution in [0.1, 0.15) is 10.4 Å². The van der Waals surface area contributed by atoms with Crippen LogP contribution in [-0.2, 0) is 0 Å². The van der Waals surface area contributed by atoms with Gasteiger partial charge in [0.15, 0.2) is 0 Å². The molecule has 0 aliphatic carbocycles. The number of nitrogens with two attached hydrogens (primary N) is 1. The smallest absolute Gasteiger partial charge is 0.257 e. The summed E-state index contributed by atoms with van der Waals surface area (Å²) in [6, 6.07) is 15.3. The molecule has 5 nitrogen and oxygen atoms in total. The minimum atomic E-state index is -0.235. The Bertz CT molecular complexity index is 796. The summed E-state index contributed by atoms with van der Waals surface area (Å²) in [5, 5.41) is 4.98. The number of fused-ring (bicyclic) bond motifs is 1. The Morgan fingerprint density at radius 1 is 1.00 bits per heavy atom. The monoisotopic (exact) mass is 278 g/mol. The third-order valence-corrected chi connectivity index (χ3v) is 3.26. The molecule has 5 heteroatoms. The van der Waals surface area contributed by atoms with Crippen molar-refractivity contribution in [2.75, 3.05) is 10.7 Å². The highest BCUT2D eigenvalue weighted by Gasteiger charge is 2.12. The number of nitrogen functional groups attached to an aromatic ring is 1. The number of hydrogen-bond donors (Lipinski definition) is 3. The molecule has 0 bridgehead atoms. The fourth-order valence-corrected chi connectivity index (χ4v) is 2.23. The van der Waals surface area contributed by atoms with E-state index in [2.05, 4.69) is 15.7 Å². The molecule has 3 aromatic rings. The normalized spacial score (nSPS) is 10.3. The molecule has 21 heavy (non-hydrogen) atoms. The minimum Gasteiger partial charge on any atom is -0.322 e. The van der Waals surface area contributed by atoms with Crippen LogP contribution in [0.5, 0.6) is 0 Å². The number of nitrogens with zero attached hydrogens (tertiary/aromatic N) is 1. The van der Waals surface area contributed by atoms with Crippen LogP contribution < -0.4 is 16.6 Å². The Labute approximate surface area is 121 Å². The van der Waals surface area contributed by atoms with Gasteiger partial charge in [-0.2, -0.15) is 0 Å². The highest BCUT2D eigenvalue weighted by atomic mass is 16.1. The lowest BCUT2D eigenvalue weighted by Gasteiger charge is -2.11. The summed E-state index contributed by atoms with van der Waals surface area (Å²) in [5.74, 6) is 5.17. The molecule has 1 aromatic heterocycles. The van der Waals surface area contributed by atoms with Crippen molar-refractivity contribution in [1.82, 2.24) is 4.98 Å². The van der Waals surface area contributed by atoms with E-state index in [1.807, 2.05) is 42.5 Å². The highest BCUT2D eigenvalue weighted by Crippen LogP contribution is 2.24. The quantitative estimate of drug-likeness (QED) is 0.508. The third kappa shape index (κ3) is 2.54. The Morgan fingerprint density at radius 3 is 2.67 bits per heavy atom. The van der Waals surface area contributed by atoms with E-state index in [1.165, 1.54) is 6.20 Å². The van der Waals surface area contributed by atoms with Gasteiger partial charge in [0.2, 0.25) is 0 Å². The zero-order valence-corrected chi connectivity index (χ0v) is 11.2. The van der Waals surface area contributed by atoms with E-state index < -0.39 is 0 Å². The zero-order chi connectivity index (χ0) is 14.7. The van der Waals surface area contributed by atoms with Crippen molar-refractivity contribution in [3.05, 3.63) is 66.5 Å². The van der Waals surface area contributed by atoms with Crippen molar-refractivity contribution in [3.8, 4) is 0 Å². The topological polar surface area (TPSA) is 80.0 Å². The summed E-state index contributed by atoms with van der Waals surface area (Å²) >= 11 is 0. The van der Waals surface area contributed by atoms with Gasteiger partial charge in [-0.15, -0.1) is 0 Å². The van der Waals surface area contributed by atoms with Gasteiger partial charge in [0, 0.05) is 17.3 Å². The van der Waals surface area contributed by atoms with E-state index in [9.17, 15) is 4.79 Å². The molecule has 0 radical (unpaired) electrons. The van der Waals surface area contributed by atoms with E-state index >= 15 is 0 Å². The van der Waals surface area contributed by atoms with Crippen LogP contribution in [0.2, 0.25) is 0 Å². The Morgan fingerprint density at radius 2 is 1.81 bits per heavy atom. The molecule has 0 atom stereocenters. The van der Waals surface area contributed by atoms with Crippen molar-refractivity contribution in [3.63, 3.8) is 0 Å². The maximum absolute atomic E-state index is 12.4. The van der Waals surface area contributed by atoms with E-state index in [1.54, 1.807) is 12.3 Å². The molecule has 1 heterocycles. The summed E-state index contributed by atoms with van der Waals surface area (Å²) in [5.41, 5.74) is 4.16. The number of pyridine rings is 1. The number of hydrazine groups is 1. The largest absolute Gasteiger partial charge is 0.322 e. The number of hydrogen-bond acceptors (Lipinski definition) is 4. The lowest BCUT2D eigenvalue weighted by molar-refractivity contribution is 0.102. The average Bonchev–Trinajstić information content (AvgIpc) is 2.55. The minimum absolute atomic E-state index is 0.235. The number of rotatable bonds is 3. The molecule has 2 aromatic carbocycles. The van der Waals surface area contributed by atoms with Crippen molar-refractivity contribution in [2.24, 2.45) is 5.84 Å². The molecule has 0 saturated carbocycles. The Hall–Kier alpha value is -2.92. The van der Waals surface area contributed by atoms with Crippen LogP contribution in [0, 0.1) is 0 Å². The average molecular weight is 278 g/mol. The SMILES string of the molecule is NNc1cnccc1C(=O)Nc1cccc2ccccc12. The highest BCUT2D eigenvalue weighted by molar-refractivity contribution is 6.11. The first-order chi connectivity index (χ1) is 10.3. The molecule has 0 fully saturated rings. The number of benzene rings is 2. The first-order valence-electron chi connectivity index (χ1n) is 6.49. The molecular formula is C16H14N4O. The molecule has 0 unspecified atom stereocenters. The van der Waals surface area contributed by atoms with E-state index in [0.717, 1.165) is 16.5 Å². The van der Waals surface area contributed by atoms with Crippen LogP contribution in [0.25, 0.3) is 10.8 Å². The number of carbonyl (C=O) groups excluding carboxylic acids is 1. The molecule has 4 N–H and O–H groups in total. The van der Waals surface area contributed by atoms with E-state index in [4.69, 9.17) is 5.84 Å². The Kier molecular flexibility index (Phi) is 3.49. The third-order valence-electron chi connectivity index (χ3n) is 3.26. The molecular weight excluding hydrogens is 264 g/mol. The number of aromatic nitrogens is 1. The zero-order valence-electron chi connectivity index (χ0n) is 11.2. The van der Waals surface area contributed by atoms with Crippen molar-refractivity contribution >= 4 is 28.1 Å². The molecule has 104 valence electrons. The summed E-state index contributed by atoms with van der Waals surface area (Å²) in [4.78, 5) is 16.3. The van der Waals surface area contributed by atoms with Gasteiger partial charge in [0.1, 0.15) is 0 Å². The fourth-order valence-electron chi connectivity index (χ4n) is 2.23. The van der Waals surface area contributed by atoms with Crippen molar-refractivity contribution < 1.29 is 4.79 Å². The molecule has 0 saturated heterocycles. The molecule has 0 aliphatic heterocycles. The number of amides is 1. The first kappa shape index (κ1) is 13.1.